The zero-order valence-corrected chi connectivity index (χ0v) is 20.7. The molecule has 0 radical (unpaired) electrons. The van der Waals surface area contributed by atoms with E-state index >= 15 is 0 Å². The van der Waals surface area contributed by atoms with Gasteiger partial charge in [0.25, 0.3) is 0 Å². The van der Waals surface area contributed by atoms with E-state index in [1.165, 1.54) is 33.4 Å². The first-order valence-corrected chi connectivity index (χ1v) is 17.4. The summed E-state index contributed by atoms with van der Waals surface area (Å²) < 4.78 is 0. The number of fused-ring (bicyclic) bond motifs is 1. The second-order valence-corrected chi connectivity index (χ2v) is 20.9. The third-order valence-electron chi connectivity index (χ3n) is 5.80. The van der Waals surface area contributed by atoms with Crippen molar-refractivity contribution in [1.29, 1.82) is 0 Å². The summed E-state index contributed by atoms with van der Waals surface area (Å²) in [6, 6.07) is 12.3. The Morgan fingerprint density at radius 2 is 1.37 bits per heavy atom. The third-order valence-corrected chi connectivity index (χ3v) is 9.85. The van der Waals surface area contributed by atoms with Gasteiger partial charge in [-0.1, -0.05) is 105 Å². The highest BCUT2D eigenvalue weighted by Gasteiger charge is 2.26. The topological polar surface area (TPSA) is 0 Å². The van der Waals surface area contributed by atoms with Crippen molar-refractivity contribution in [1.82, 2.24) is 0 Å². The number of rotatable bonds is 4. The van der Waals surface area contributed by atoms with Gasteiger partial charge in [0.05, 0.1) is 16.1 Å². The number of hydrogen-bond donors (Lipinski definition) is 0. The van der Waals surface area contributed by atoms with Crippen LogP contribution in [0, 0.1) is 0 Å². The number of allylic oxidation sites excluding steroid dienone is 1. The maximum Gasteiger partial charge on any atom is 0.0776 e. The molecule has 0 aromatic heterocycles. The number of benzene rings is 2. The third kappa shape index (κ3) is 4.07. The summed E-state index contributed by atoms with van der Waals surface area (Å²) in [7, 11) is -2.77. The largest absolute Gasteiger partial charge is 0.0776 e. The van der Waals surface area contributed by atoms with Crippen molar-refractivity contribution in [2.24, 2.45) is 0 Å². The van der Waals surface area contributed by atoms with Crippen molar-refractivity contribution in [3.8, 4) is 11.1 Å². The van der Waals surface area contributed by atoms with Crippen molar-refractivity contribution in [2.75, 3.05) is 0 Å². The first kappa shape index (κ1) is 20.4. The minimum Gasteiger partial charge on any atom is -0.0683 e. The Bertz CT molecular complexity index is 871. The van der Waals surface area contributed by atoms with Crippen LogP contribution < -0.4 is 10.4 Å². The smallest absolute Gasteiger partial charge is 0.0683 e. The van der Waals surface area contributed by atoms with E-state index < -0.39 is 16.1 Å². The summed E-state index contributed by atoms with van der Waals surface area (Å²) in [5.41, 5.74) is 8.92. The van der Waals surface area contributed by atoms with Gasteiger partial charge in [-0.05, 0) is 47.1 Å². The molecule has 3 rings (SSSR count). The molecule has 2 aromatic rings. The zero-order valence-electron chi connectivity index (χ0n) is 18.7. The van der Waals surface area contributed by atoms with Crippen molar-refractivity contribution in [2.45, 2.75) is 72.4 Å². The average Bonchev–Trinajstić information content (AvgIpc) is 2.91. The second kappa shape index (κ2) is 6.90. The van der Waals surface area contributed by atoms with E-state index in [9.17, 15) is 0 Å². The van der Waals surface area contributed by atoms with E-state index in [0.29, 0.717) is 5.92 Å². The highest BCUT2D eigenvalue weighted by Crippen LogP contribution is 2.39. The lowest BCUT2D eigenvalue weighted by molar-refractivity contribution is 0.867. The quantitative estimate of drug-likeness (QED) is 0.519. The van der Waals surface area contributed by atoms with Crippen molar-refractivity contribution in [3.05, 3.63) is 52.6 Å². The zero-order chi connectivity index (χ0) is 20.1. The molecule has 0 aliphatic heterocycles. The van der Waals surface area contributed by atoms with E-state index in [4.69, 9.17) is 0 Å². The van der Waals surface area contributed by atoms with Crippen LogP contribution in [0.5, 0.6) is 0 Å². The van der Waals surface area contributed by atoms with Crippen LogP contribution in [0.4, 0.5) is 0 Å². The highest BCUT2D eigenvalue weighted by molar-refractivity contribution is 6.91. The van der Waals surface area contributed by atoms with Gasteiger partial charge < -0.3 is 0 Å². The molecule has 0 fully saturated rings. The van der Waals surface area contributed by atoms with E-state index in [-0.39, 0.29) is 0 Å². The van der Waals surface area contributed by atoms with Crippen LogP contribution in [-0.4, -0.2) is 16.1 Å². The molecule has 0 unspecified atom stereocenters. The molecular weight excluding hydrogens is 356 g/mol. The Labute approximate surface area is 168 Å². The van der Waals surface area contributed by atoms with Crippen LogP contribution in [0.2, 0.25) is 39.3 Å². The van der Waals surface area contributed by atoms with E-state index in [1.807, 2.05) is 0 Å². The van der Waals surface area contributed by atoms with Crippen molar-refractivity contribution < 1.29 is 0 Å². The Morgan fingerprint density at radius 1 is 0.815 bits per heavy atom. The lowest BCUT2D eigenvalue weighted by Crippen LogP contribution is -2.45. The molecule has 0 heterocycles. The highest BCUT2D eigenvalue weighted by atomic mass is 28.3. The fraction of sp³-hybridized carbons (Fsp3) is 0.440. The molecule has 1 aliphatic carbocycles. The van der Waals surface area contributed by atoms with E-state index in [2.05, 4.69) is 96.5 Å². The van der Waals surface area contributed by atoms with Gasteiger partial charge in [0.2, 0.25) is 0 Å². The molecule has 0 nitrogen and oxygen atoms in total. The van der Waals surface area contributed by atoms with Crippen molar-refractivity contribution in [3.63, 3.8) is 0 Å². The lowest BCUT2D eigenvalue weighted by Gasteiger charge is -2.26. The molecule has 2 aromatic carbocycles. The molecule has 1 aliphatic rings. The molecule has 2 heteroatoms. The molecule has 0 spiro atoms. The lowest BCUT2D eigenvalue weighted by atomic mass is 9.87. The van der Waals surface area contributed by atoms with Crippen LogP contribution in [0.15, 0.2) is 35.9 Å². The van der Waals surface area contributed by atoms with Gasteiger partial charge in [-0.3, -0.25) is 0 Å². The summed E-state index contributed by atoms with van der Waals surface area (Å²) in [5, 5.41) is 3.20. The normalized spacial score (nSPS) is 14.5. The standard InChI is InChI=1S/C25H36Si2/c1-17(2)23-11-10-19-12-18(3)13-24(19)25(23)20-14-21(26(4,5)6)16-22(15-20)27(7,8)9/h10-11,13-17H,12H2,1-9H3. The monoisotopic (exact) mass is 392 g/mol. The summed E-state index contributed by atoms with van der Waals surface area (Å²) in [6.45, 7) is 21.8. The minimum atomic E-state index is -1.38. The van der Waals surface area contributed by atoms with Gasteiger partial charge in [0.1, 0.15) is 0 Å². The molecule has 0 bridgehead atoms. The summed E-state index contributed by atoms with van der Waals surface area (Å²) in [6.07, 6.45) is 3.54. The summed E-state index contributed by atoms with van der Waals surface area (Å²) in [4.78, 5) is 0. The Morgan fingerprint density at radius 3 is 1.85 bits per heavy atom. The van der Waals surface area contributed by atoms with Crippen LogP contribution in [0.25, 0.3) is 17.2 Å². The van der Waals surface area contributed by atoms with Gasteiger partial charge in [0.15, 0.2) is 0 Å². The van der Waals surface area contributed by atoms with Gasteiger partial charge in [-0.15, -0.1) is 0 Å². The number of hydrogen-bond acceptors (Lipinski definition) is 0. The maximum absolute atomic E-state index is 2.54. The van der Waals surface area contributed by atoms with Crippen LogP contribution >= 0.6 is 0 Å². The molecule has 0 N–H and O–H groups in total. The van der Waals surface area contributed by atoms with E-state index in [0.717, 1.165) is 6.42 Å². The second-order valence-electron chi connectivity index (χ2n) is 10.7. The molecule has 0 saturated heterocycles. The van der Waals surface area contributed by atoms with Gasteiger partial charge >= 0.3 is 0 Å². The van der Waals surface area contributed by atoms with Crippen LogP contribution in [0.3, 0.4) is 0 Å². The first-order chi connectivity index (χ1) is 12.4. The molecule has 0 amide bonds. The van der Waals surface area contributed by atoms with E-state index in [1.54, 1.807) is 10.4 Å². The fourth-order valence-corrected chi connectivity index (χ4v) is 6.54. The minimum absolute atomic E-state index is 0.533. The molecule has 144 valence electrons. The Hall–Kier alpha value is -1.39. The van der Waals surface area contributed by atoms with Crippen LogP contribution in [0.1, 0.15) is 43.4 Å². The summed E-state index contributed by atoms with van der Waals surface area (Å²) in [5.74, 6) is 0.533. The molecular formula is C25H36Si2. The predicted octanol–water partition coefficient (Wildman–Crippen LogP) is 6.53. The maximum atomic E-state index is 2.54. The SMILES string of the molecule is CC1=Cc2c(ccc(C(C)C)c2-c2cc([Si](C)(C)C)cc([Si](C)(C)C)c2)C1. The van der Waals surface area contributed by atoms with Crippen molar-refractivity contribution >= 4 is 32.6 Å². The van der Waals surface area contributed by atoms with Gasteiger partial charge in [-0.25, -0.2) is 0 Å². The summed E-state index contributed by atoms with van der Waals surface area (Å²) >= 11 is 0. The Balaban J connectivity index is 2.36. The molecule has 0 saturated carbocycles. The Kier molecular flexibility index (Phi) is 5.20. The van der Waals surface area contributed by atoms with Gasteiger partial charge in [-0.2, -0.15) is 0 Å². The first-order valence-electron chi connectivity index (χ1n) is 10.4. The predicted molar refractivity (Wildman–Crippen MR) is 129 cm³/mol. The molecule has 27 heavy (non-hydrogen) atoms. The van der Waals surface area contributed by atoms with Crippen LogP contribution in [-0.2, 0) is 6.42 Å². The molecule has 0 atom stereocenters. The fourth-order valence-electron chi connectivity index (χ4n) is 4.04. The average molecular weight is 393 g/mol. The van der Waals surface area contributed by atoms with Gasteiger partial charge in [0, 0.05) is 0 Å².